The fraction of sp³-hybridized carbons (Fsp3) is 0.409. The zero-order valence-electron chi connectivity index (χ0n) is 18.3. The van der Waals surface area contributed by atoms with E-state index in [-0.39, 0.29) is 11.3 Å². The number of rotatable bonds is 7. The molecule has 11 nitrogen and oxygen atoms in total. The Morgan fingerprint density at radius 3 is 2.65 bits per heavy atom. The number of anilines is 2. The molecule has 2 aromatic rings. The van der Waals surface area contributed by atoms with Crippen LogP contribution in [0.5, 0.6) is 0 Å². The third-order valence-corrected chi connectivity index (χ3v) is 6.97. The van der Waals surface area contributed by atoms with Crippen LogP contribution in [0.15, 0.2) is 18.2 Å². The molecule has 2 heterocycles. The van der Waals surface area contributed by atoms with Gasteiger partial charge in [-0.15, -0.1) is 11.3 Å². The van der Waals surface area contributed by atoms with Gasteiger partial charge in [0.1, 0.15) is 10.7 Å². The molecule has 34 heavy (non-hydrogen) atoms. The van der Waals surface area contributed by atoms with Crippen LogP contribution in [0.4, 0.5) is 16.4 Å². The molecular weight excluding hydrogens is 464 g/mol. The Labute approximate surface area is 199 Å². The number of fused-ring (bicyclic) bond motifs is 1. The molecule has 0 saturated carbocycles. The molecule has 180 valence electrons. The summed E-state index contributed by atoms with van der Waals surface area (Å²) in [7, 11) is 0. The first-order valence-electron chi connectivity index (χ1n) is 10.9. The number of thiophene rings is 1. The number of benzene rings is 1. The second-order valence-electron chi connectivity index (χ2n) is 7.96. The molecule has 12 heteroatoms. The lowest BCUT2D eigenvalue weighted by molar-refractivity contribution is -0.384. The van der Waals surface area contributed by atoms with E-state index in [1.165, 1.54) is 23.5 Å². The molecule has 3 N–H and O–H groups in total. The average molecular weight is 489 g/mol. The zero-order valence-corrected chi connectivity index (χ0v) is 19.2. The molecule has 0 spiro atoms. The highest BCUT2D eigenvalue weighted by Crippen LogP contribution is 2.38. The number of carbonyl (C=O) groups is 3. The first-order chi connectivity index (χ1) is 16.3. The van der Waals surface area contributed by atoms with Crippen molar-refractivity contribution in [3.05, 3.63) is 49.9 Å². The van der Waals surface area contributed by atoms with Gasteiger partial charge in [-0.05, 0) is 43.4 Å². The van der Waals surface area contributed by atoms with E-state index in [4.69, 9.17) is 15.2 Å². The molecule has 1 saturated heterocycles. The number of nitro groups is 1. The Hall–Kier alpha value is -3.51. The minimum absolute atomic E-state index is 0.0408. The number of ether oxygens (including phenoxy) is 2. The van der Waals surface area contributed by atoms with Gasteiger partial charge >= 0.3 is 5.97 Å². The number of esters is 1. The number of nitrogens with one attached hydrogen (secondary N) is 1. The Morgan fingerprint density at radius 1 is 1.21 bits per heavy atom. The van der Waals surface area contributed by atoms with E-state index in [9.17, 15) is 24.5 Å². The lowest BCUT2D eigenvalue weighted by atomic mass is 9.95. The normalized spacial score (nSPS) is 15.4. The summed E-state index contributed by atoms with van der Waals surface area (Å²) in [6.07, 6.45) is 3.51. The molecule has 0 unspecified atom stereocenters. The fourth-order valence-electron chi connectivity index (χ4n) is 4.16. The molecule has 2 amide bonds. The van der Waals surface area contributed by atoms with Crippen molar-refractivity contribution in [3.8, 4) is 0 Å². The third-order valence-electron chi connectivity index (χ3n) is 5.76. The van der Waals surface area contributed by atoms with Gasteiger partial charge in [-0.1, -0.05) is 0 Å². The van der Waals surface area contributed by atoms with Crippen molar-refractivity contribution in [2.75, 3.05) is 43.1 Å². The number of hydrogen-bond acceptors (Lipinski definition) is 9. The second kappa shape index (κ2) is 10.2. The number of amides is 2. The smallest absolute Gasteiger partial charge is 0.338 e. The van der Waals surface area contributed by atoms with Gasteiger partial charge in [0.2, 0.25) is 0 Å². The van der Waals surface area contributed by atoms with Crippen LogP contribution in [0.1, 0.15) is 44.0 Å². The number of nitrogens with zero attached hydrogens (tertiary/aromatic N) is 2. The highest BCUT2D eigenvalue weighted by Gasteiger charge is 2.26. The Morgan fingerprint density at radius 2 is 1.94 bits per heavy atom. The molecule has 0 atom stereocenters. The second-order valence-corrected chi connectivity index (χ2v) is 9.07. The molecular formula is C22H24N4O7S. The van der Waals surface area contributed by atoms with Gasteiger partial charge in [0.05, 0.1) is 29.3 Å². The monoisotopic (exact) mass is 488 g/mol. The topological polar surface area (TPSA) is 154 Å². The summed E-state index contributed by atoms with van der Waals surface area (Å²) < 4.78 is 10.3. The number of primary amides is 1. The van der Waals surface area contributed by atoms with E-state index in [0.29, 0.717) is 42.6 Å². The van der Waals surface area contributed by atoms with E-state index in [1.807, 2.05) is 4.90 Å². The molecule has 0 bridgehead atoms. The Bertz CT molecular complexity index is 1140. The quantitative estimate of drug-likeness (QED) is 0.342. The Kier molecular flexibility index (Phi) is 7.08. The minimum Gasteiger partial charge on any atom is -0.452 e. The van der Waals surface area contributed by atoms with Crippen LogP contribution in [0.25, 0.3) is 0 Å². The number of nitro benzene ring substituents is 1. The standard InChI is InChI=1S/C22H24N4O7S/c23-20(28)19-14-3-1-2-4-17(14)34-21(19)24-18(27)12-33-22(29)13-5-6-15(16(11-13)26(30)31)25-7-9-32-10-8-25/h5-6,11H,1-4,7-10,12H2,(H2,23,28)(H,24,27). The molecule has 0 radical (unpaired) electrons. The van der Waals surface area contributed by atoms with Crippen LogP contribution in [0, 0.1) is 10.1 Å². The summed E-state index contributed by atoms with van der Waals surface area (Å²) in [4.78, 5) is 50.7. The summed E-state index contributed by atoms with van der Waals surface area (Å²) in [5, 5.41) is 14.5. The summed E-state index contributed by atoms with van der Waals surface area (Å²) in [6.45, 7) is 1.31. The van der Waals surface area contributed by atoms with Crippen molar-refractivity contribution < 1.29 is 28.8 Å². The molecule has 1 aliphatic carbocycles. The molecule has 1 aromatic carbocycles. The van der Waals surface area contributed by atoms with E-state index < -0.39 is 29.3 Å². The maximum atomic E-state index is 12.5. The molecule has 1 aliphatic heterocycles. The molecule has 1 fully saturated rings. The summed E-state index contributed by atoms with van der Waals surface area (Å²) in [5.74, 6) is -2.11. The first-order valence-corrected chi connectivity index (χ1v) is 11.7. The SMILES string of the molecule is NC(=O)c1c(NC(=O)COC(=O)c2ccc(N3CCOCC3)c([N+](=O)[O-])c2)sc2c1CCCC2. The molecule has 4 rings (SSSR count). The van der Waals surface area contributed by atoms with Crippen LogP contribution in [-0.4, -0.2) is 55.6 Å². The van der Waals surface area contributed by atoms with Gasteiger partial charge in [-0.2, -0.15) is 0 Å². The number of morpholine rings is 1. The van der Waals surface area contributed by atoms with Gasteiger partial charge < -0.3 is 25.4 Å². The molecule has 2 aliphatic rings. The summed E-state index contributed by atoms with van der Waals surface area (Å²) in [5.41, 5.74) is 6.84. The number of aryl methyl sites for hydroxylation is 1. The third kappa shape index (κ3) is 5.02. The Balaban J connectivity index is 1.42. The number of hydrogen-bond donors (Lipinski definition) is 2. The largest absolute Gasteiger partial charge is 0.452 e. The van der Waals surface area contributed by atoms with Crippen LogP contribution in [0.2, 0.25) is 0 Å². The van der Waals surface area contributed by atoms with Crippen molar-refractivity contribution in [1.29, 1.82) is 0 Å². The maximum Gasteiger partial charge on any atom is 0.338 e. The van der Waals surface area contributed by atoms with Crippen molar-refractivity contribution >= 4 is 45.5 Å². The van der Waals surface area contributed by atoms with Gasteiger partial charge in [-0.3, -0.25) is 19.7 Å². The van der Waals surface area contributed by atoms with Gasteiger partial charge in [-0.25, -0.2) is 4.79 Å². The van der Waals surface area contributed by atoms with E-state index in [0.717, 1.165) is 42.2 Å². The lowest BCUT2D eigenvalue weighted by Crippen LogP contribution is -2.36. The summed E-state index contributed by atoms with van der Waals surface area (Å²) >= 11 is 1.31. The highest BCUT2D eigenvalue weighted by molar-refractivity contribution is 7.17. The van der Waals surface area contributed by atoms with E-state index >= 15 is 0 Å². The van der Waals surface area contributed by atoms with Crippen molar-refractivity contribution in [3.63, 3.8) is 0 Å². The fourth-order valence-corrected chi connectivity index (χ4v) is 5.47. The van der Waals surface area contributed by atoms with Crippen LogP contribution < -0.4 is 16.0 Å². The van der Waals surface area contributed by atoms with E-state index in [1.54, 1.807) is 0 Å². The number of nitrogens with two attached hydrogens (primary N) is 1. The van der Waals surface area contributed by atoms with Crippen molar-refractivity contribution in [1.82, 2.24) is 0 Å². The van der Waals surface area contributed by atoms with Crippen LogP contribution >= 0.6 is 11.3 Å². The predicted octanol–water partition coefficient (Wildman–Crippen LogP) is 2.27. The van der Waals surface area contributed by atoms with Gasteiger partial charge in [0.25, 0.3) is 17.5 Å². The lowest BCUT2D eigenvalue weighted by Gasteiger charge is -2.28. The minimum atomic E-state index is -0.868. The highest BCUT2D eigenvalue weighted by atomic mass is 32.1. The maximum absolute atomic E-state index is 12.5. The zero-order chi connectivity index (χ0) is 24.2. The summed E-state index contributed by atoms with van der Waals surface area (Å²) in [6, 6.07) is 4.06. The predicted molar refractivity (Wildman–Crippen MR) is 125 cm³/mol. The average Bonchev–Trinajstić information content (AvgIpc) is 3.20. The first kappa shape index (κ1) is 23.6. The van der Waals surface area contributed by atoms with Crippen LogP contribution in [-0.2, 0) is 27.1 Å². The van der Waals surface area contributed by atoms with Crippen molar-refractivity contribution in [2.24, 2.45) is 5.73 Å². The van der Waals surface area contributed by atoms with Crippen molar-refractivity contribution in [2.45, 2.75) is 25.7 Å². The van der Waals surface area contributed by atoms with Gasteiger partial charge in [0, 0.05) is 24.0 Å². The van der Waals surface area contributed by atoms with E-state index in [2.05, 4.69) is 5.32 Å². The molecule has 1 aromatic heterocycles. The van der Waals surface area contributed by atoms with Gasteiger partial charge in [0.15, 0.2) is 6.61 Å². The number of carbonyl (C=O) groups excluding carboxylic acids is 3. The van der Waals surface area contributed by atoms with Crippen LogP contribution in [0.3, 0.4) is 0 Å².